The molecule has 1 unspecified atom stereocenters. The monoisotopic (exact) mass is 665 g/mol. The molecule has 2 nitrogen and oxygen atoms in total. The molecule has 0 heterocycles. The zero-order chi connectivity index (χ0) is 27.8. The molecule has 2 aromatic rings. The molecule has 1 atom stereocenters. The van der Waals surface area contributed by atoms with Crippen molar-refractivity contribution in [3.05, 3.63) is 73.7 Å². The third-order valence-corrected chi connectivity index (χ3v) is 6.72. The zero-order valence-electron chi connectivity index (χ0n) is 18.6. The van der Waals surface area contributed by atoms with Gasteiger partial charge in [0.2, 0.25) is 5.92 Å². The molecule has 1 amide bonds. The average molecular weight is 667 g/mol. The molecule has 3 rings (SSSR count). The van der Waals surface area contributed by atoms with Crippen molar-refractivity contribution in [3.63, 3.8) is 0 Å². The van der Waals surface area contributed by atoms with Gasteiger partial charge in [0.1, 0.15) is 11.7 Å². The van der Waals surface area contributed by atoms with E-state index in [0.717, 1.165) is 18.2 Å². The number of halogens is 11. The Bertz CT molecular complexity index is 1160. The van der Waals surface area contributed by atoms with Crippen molar-refractivity contribution >= 4 is 43.6 Å². The Morgan fingerprint density at radius 3 is 2.05 bits per heavy atom. The van der Waals surface area contributed by atoms with Crippen LogP contribution < -0.4 is 5.32 Å². The first kappa shape index (κ1) is 29.5. The Morgan fingerprint density at radius 2 is 1.54 bits per heavy atom. The van der Waals surface area contributed by atoms with E-state index in [-0.39, 0.29) is 39.5 Å². The Balaban J connectivity index is 1.95. The van der Waals surface area contributed by atoms with Gasteiger partial charge >= 0.3 is 12.4 Å². The summed E-state index contributed by atoms with van der Waals surface area (Å²) in [4.78, 5) is 12.5. The maximum absolute atomic E-state index is 14.9. The molecule has 202 valence electrons. The van der Waals surface area contributed by atoms with Crippen LogP contribution in [0.5, 0.6) is 0 Å². The normalized spacial score (nSPS) is 18.0. The number of amides is 1. The first-order chi connectivity index (χ1) is 17.0. The number of nitrogens with one attached hydrogen (secondary N) is 1. The first-order valence-corrected chi connectivity index (χ1v) is 12.4. The summed E-state index contributed by atoms with van der Waals surface area (Å²) in [6.45, 7) is 0. The smallest absolute Gasteiger partial charge is 0.349 e. The minimum Gasteiger partial charge on any atom is -0.349 e. The molecular weight excluding hydrogens is 649 g/mol. The topological polar surface area (TPSA) is 29.1 Å². The van der Waals surface area contributed by atoms with Gasteiger partial charge in [-0.25, -0.2) is 13.2 Å². The van der Waals surface area contributed by atoms with Gasteiger partial charge in [-0.1, -0.05) is 37.9 Å². The molecule has 2 aromatic carbocycles. The van der Waals surface area contributed by atoms with Crippen LogP contribution in [-0.4, -0.2) is 24.0 Å². The van der Waals surface area contributed by atoms with Crippen molar-refractivity contribution in [1.82, 2.24) is 5.32 Å². The number of carbonyl (C=O) groups is 1. The molecule has 1 aliphatic carbocycles. The fourth-order valence-electron chi connectivity index (χ4n) is 3.95. The van der Waals surface area contributed by atoms with Crippen LogP contribution in [0.3, 0.4) is 0 Å². The van der Waals surface area contributed by atoms with E-state index in [1.54, 1.807) is 0 Å². The van der Waals surface area contributed by atoms with Crippen LogP contribution in [0.2, 0.25) is 0 Å². The molecule has 0 aromatic heterocycles. The quantitative estimate of drug-likeness (QED) is 0.317. The highest BCUT2D eigenvalue weighted by atomic mass is 79.9. The second kappa shape index (κ2) is 11.0. The van der Waals surface area contributed by atoms with Crippen LogP contribution in [-0.2, 0) is 6.18 Å². The maximum Gasteiger partial charge on any atom is 0.417 e. The van der Waals surface area contributed by atoms with Gasteiger partial charge in [-0.15, -0.1) is 0 Å². The zero-order valence-corrected chi connectivity index (χ0v) is 21.8. The first-order valence-electron chi connectivity index (χ1n) is 10.8. The molecule has 13 heteroatoms. The van der Waals surface area contributed by atoms with E-state index in [0.29, 0.717) is 6.07 Å². The predicted molar refractivity (Wildman–Crippen MR) is 126 cm³/mol. The average Bonchev–Trinajstić information content (AvgIpc) is 2.76. The summed E-state index contributed by atoms with van der Waals surface area (Å²) >= 11 is 6.08. The third-order valence-electron chi connectivity index (χ3n) is 5.81. The van der Waals surface area contributed by atoms with E-state index >= 15 is 0 Å². The minimum absolute atomic E-state index is 0.139. The standard InChI is InChI=1S/C24H18Br2F9NO/c25-14-7-13(8-15(26)10-14)18(23(30,31)32)11-20(27)12-1-2-17(19(9-12)24(33,34)35)21(37)36-16-3-5-22(28,29)6-4-16/h1-2,7-11,16,18H,3-6H2,(H,36,37)/b20-11-. The van der Waals surface area contributed by atoms with Crippen LogP contribution >= 0.6 is 31.9 Å². The van der Waals surface area contributed by atoms with Crippen LogP contribution in [0.1, 0.15) is 58.6 Å². The Labute approximate surface area is 222 Å². The number of hydrogen-bond acceptors (Lipinski definition) is 1. The molecule has 0 bridgehead atoms. The summed E-state index contributed by atoms with van der Waals surface area (Å²) in [5.41, 5.74) is -3.65. The number of carbonyl (C=O) groups excluding carboxylic acids is 1. The number of rotatable bonds is 5. The van der Waals surface area contributed by atoms with E-state index in [4.69, 9.17) is 0 Å². The SMILES string of the molecule is O=C(NC1CCC(F)(F)CC1)c1ccc(/C(F)=C/C(c2cc(Br)cc(Br)c2)C(F)(F)F)cc1C(F)(F)F. The van der Waals surface area contributed by atoms with Gasteiger partial charge in [0.25, 0.3) is 5.91 Å². The van der Waals surface area contributed by atoms with Crippen molar-refractivity contribution in [2.45, 2.75) is 55.9 Å². The minimum atomic E-state index is -5.15. The lowest BCUT2D eigenvalue weighted by molar-refractivity contribution is -0.140. The Kier molecular flexibility index (Phi) is 8.78. The molecule has 1 N–H and O–H groups in total. The second-order valence-electron chi connectivity index (χ2n) is 8.60. The fourth-order valence-corrected chi connectivity index (χ4v) is 5.28. The van der Waals surface area contributed by atoms with Gasteiger partial charge in [-0.05, 0) is 54.8 Å². The van der Waals surface area contributed by atoms with Crippen molar-refractivity contribution in [2.24, 2.45) is 0 Å². The molecule has 0 radical (unpaired) electrons. The van der Waals surface area contributed by atoms with Crippen LogP contribution in [0.4, 0.5) is 39.5 Å². The Morgan fingerprint density at radius 1 is 0.973 bits per heavy atom. The van der Waals surface area contributed by atoms with Gasteiger partial charge in [0.05, 0.1) is 11.1 Å². The summed E-state index contributed by atoms with van der Waals surface area (Å²) in [5.74, 6) is -8.18. The molecule has 0 saturated heterocycles. The summed E-state index contributed by atoms with van der Waals surface area (Å²) in [6.07, 6.45) is -11.3. The fraction of sp³-hybridized carbons (Fsp3) is 0.375. The summed E-state index contributed by atoms with van der Waals surface area (Å²) in [7, 11) is 0. The number of benzene rings is 2. The van der Waals surface area contributed by atoms with E-state index in [1.807, 2.05) is 0 Å². The second-order valence-corrected chi connectivity index (χ2v) is 10.4. The van der Waals surface area contributed by atoms with Crippen LogP contribution in [0.15, 0.2) is 51.4 Å². The lowest BCUT2D eigenvalue weighted by atomic mass is 9.91. The van der Waals surface area contributed by atoms with Crippen molar-refractivity contribution in [2.75, 3.05) is 0 Å². The largest absolute Gasteiger partial charge is 0.417 e. The Hall–Kier alpha value is -2.02. The van der Waals surface area contributed by atoms with E-state index < -0.39 is 71.5 Å². The number of hydrogen-bond donors (Lipinski definition) is 1. The van der Waals surface area contributed by atoms with Gasteiger partial charge in [0.15, 0.2) is 0 Å². The van der Waals surface area contributed by atoms with Gasteiger partial charge in [0, 0.05) is 33.4 Å². The summed E-state index contributed by atoms with van der Waals surface area (Å²) in [6, 6.07) is 4.54. The third kappa shape index (κ3) is 7.75. The lowest BCUT2D eigenvalue weighted by Crippen LogP contribution is -2.40. The van der Waals surface area contributed by atoms with E-state index in [1.165, 1.54) is 6.07 Å². The maximum atomic E-state index is 14.9. The highest BCUT2D eigenvalue weighted by Gasteiger charge is 2.41. The molecule has 37 heavy (non-hydrogen) atoms. The highest BCUT2D eigenvalue weighted by molar-refractivity contribution is 9.11. The lowest BCUT2D eigenvalue weighted by Gasteiger charge is -2.29. The van der Waals surface area contributed by atoms with Crippen LogP contribution in [0, 0.1) is 0 Å². The van der Waals surface area contributed by atoms with Gasteiger partial charge < -0.3 is 5.32 Å². The molecular formula is C24H18Br2F9NO. The van der Waals surface area contributed by atoms with Crippen molar-refractivity contribution in [1.29, 1.82) is 0 Å². The highest BCUT2D eigenvalue weighted by Crippen LogP contribution is 2.41. The number of allylic oxidation sites excluding steroid dienone is 1. The molecule has 1 fully saturated rings. The van der Waals surface area contributed by atoms with E-state index in [2.05, 4.69) is 37.2 Å². The number of alkyl halides is 8. The molecule has 1 aliphatic rings. The molecule has 0 aliphatic heterocycles. The van der Waals surface area contributed by atoms with Gasteiger partial charge in [-0.3, -0.25) is 4.79 Å². The van der Waals surface area contributed by atoms with Crippen molar-refractivity contribution < 1.29 is 44.3 Å². The summed E-state index contributed by atoms with van der Waals surface area (Å²) in [5, 5.41) is 2.28. The van der Waals surface area contributed by atoms with E-state index in [9.17, 15) is 44.3 Å². The molecule has 1 saturated carbocycles. The molecule has 0 spiro atoms. The van der Waals surface area contributed by atoms with Crippen LogP contribution in [0.25, 0.3) is 5.83 Å². The predicted octanol–water partition coefficient (Wildman–Crippen LogP) is 9.19. The summed E-state index contributed by atoms with van der Waals surface area (Å²) < 4.78 is 124. The van der Waals surface area contributed by atoms with Gasteiger partial charge in [-0.2, -0.15) is 26.3 Å². The van der Waals surface area contributed by atoms with Crippen molar-refractivity contribution in [3.8, 4) is 0 Å².